The van der Waals surface area contributed by atoms with Gasteiger partial charge in [-0.3, -0.25) is 4.79 Å². The van der Waals surface area contributed by atoms with E-state index in [9.17, 15) is 4.79 Å². The van der Waals surface area contributed by atoms with Crippen LogP contribution in [0.4, 0.5) is 5.69 Å². The second-order valence-electron chi connectivity index (χ2n) is 3.73. The number of nitrogen functional groups attached to an aromatic ring is 1. The number of carbonyl (C=O) groups excluding carboxylic acids is 1. The Morgan fingerprint density at radius 1 is 1.28 bits per heavy atom. The number of ketones is 1. The number of carbonyl (C=O) groups is 1. The van der Waals surface area contributed by atoms with Crippen LogP contribution < -0.4 is 5.73 Å². The summed E-state index contributed by atoms with van der Waals surface area (Å²) in [5.74, 6) is -0.173. The molecule has 0 spiro atoms. The smallest absolute Gasteiger partial charge is 0.195 e. The molecule has 94 valence electrons. The molecular formula is C12H8BrCl2NOS. The van der Waals surface area contributed by atoms with Crippen molar-refractivity contribution in [2.24, 2.45) is 0 Å². The molecule has 0 aliphatic carbocycles. The fraction of sp³-hybridized carbons (Fsp3) is 0.0833. The zero-order valence-electron chi connectivity index (χ0n) is 9.26. The molecule has 0 bridgehead atoms. The van der Waals surface area contributed by atoms with Crippen LogP contribution in [-0.4, -0.2) is 5.78 Å². The quantitative estimate of drug-likeness (QED) is 0.605. The molecule has 0 saturated carbocycles. The SMILES string of the molecule is Cc1c(N)cc(Br)cc1C(=O)c1cc(Cl)sc1Cl. The number of anilines is 1. The molecule has 18 heavy (non-hydrogen) atoms. The molecule has 0 radical (unpaired) electrons. The molecule has 1 aromatic heterocycles. The van der Waals surface area contributed by atoms with Crippen LogP contribution in [0, 0.1) is 6.92 Å². The van der Waals surface area contributed by atoms with Crippen molar-refractivity contribution in [1.82, 2.24) is 0 Å². The molecule has 1 heterocycles. The minimum absolute atomic E-state index is 0.173. The Morgan fingerprint density at radius 3 is 2.50 bits per heavy atom. The van der Waals surface area contributed by atoms with Gasteiger partial charge in [0.1, 0.15) is 4.34 Å². The zero-order valence-corrected chi connectivity index (χ0v) is 13.2. The molecule has 0 fully saturated rings. The Bertz CT molecular complexity index is 639. The standard InChI is InChI=1S/C12H8BrCl2NOS/c1-5-7(2-6(13)3-9(5)16)11(17)8-4-10(14)18-12(8)15/h2-4H,16H2,1H3. The number of halogens is 3. The average molecular weight is 365 g/mol. The molecule has 2 aromatic rings. The van der Waals surface area contributed by atoms with E-state index in [-0.39, 0.29) is 5.78 Å². The molecule has 0 atom stereocenters. The molecule has 0 aliphatic heterocycles. The summed E-state index contributed by atoms with van der Waals surface area (Å²) in [4.78, 5) is 12.4. The van der Waals surface area contributed by atoms with Gasteiger partial charge in [-0.05, 0) is 30.7 Å². The molecular weight excluding hydrogens is 357 g/mol. The molecule has 0 amide bonds. The first-order valence-corrected chi connectivity index (χ1v) is 7.32. The maximum Gasteiger partial charge on any atom is 0.195 e. The summed E-state index contributed by atoms with van der Waals surface area (Å²) in [5.41, 5.74) is 8.08. The van der Waals surface area contributed by atoms with E-state index < -0.39 is 0 Å². The van der Waals surface area contributed by atoms with Crippen molar-refractivity contribution < 1.29 is 4.79 Å². The van der Waals surface area contributed by atoms with E-state index in [1.807, 2.05) is 0 Å². The van der Waals surface area contributed by atoms with Crippen molar-refractivity contribution in [3.63, 3.8) is 0 Å². The second-order valence-corrected chi connectivity index (χ2v) is 6.94. The molecule has 2 N–H and O–H groups in total. The average Bonchev–Trinajstić information content (AvgIpc) is 2.62. The summed E-state index contributed by atoms with van der Waals surface area (Å²) in [7, 11) is 0. The van der Waals surface area contributed by atoms with E-state index in [0.29, 0.717) is 25.5 Å². The third kappa shape index (κ3) is 2.57. The van der Waals surface area contributed by atoms with Crippen molar-refractivity contribution >= 4 is 61.9 Å². The number of thiophene rings is 1. The molecule has 1 aromatic carbocycles. The minimum atomic E-state index is -0.173. The highest BCUT2D eigenvalue weighted by molar-refractivity contribution is 9.10. The highest BCUT2D eigenvalue weighted by atomic mass is 79.9. The van der Waals surface area contributed by atoms with E-state index in [4.69, 9.17) is 28.9 Å². The van der Waals surface area contributed by atoms with Crippen molar-refractivity contribution in [3.8, 4) is 0 Å². The van der Waals surface area contributed by atoms with Crippen LogP contribution in [0.5, 0.6) is 0 Å². The first-order valence-electron chi connectivity index (χ1n) is 4.95. The topological polar surface area (TPSA) is 43.1 Å². The van der Waals surface area contributed by atoms with Crippen molar-refractivity contribution in [3.05, 3.63) is 48.0 Å². The molecule has 2 nitrogen and oxygen atoms in total. The van der Waals surface area contributed by atoms with Crippen molar-refractivity contribution in [2.75, 3.05) is 5.73 Å². The number of nitrogens with two attached hydrogens (primary N) is 1. The van der Waals surface area contributed by atoms with E-state index >= 15 is 0 Å². The first kappa shape index (κ1) is 13.9. The third-order valence-electron chi connectivity index (χ3n) is 2.56. The molecule has 6 heteroatoms. The van der Waals surface area contributed by atoms with Crippen LogP contribution in [0.2, 0.25) is 8.67 Å². The van der Waals surface area contributed by atoms with E-state index in [1.165, 1.54) is 11.3 Å². The number of rotatable bonds is 2. The predicted octanol–water partition coefficient (Wildman–Crippen LogP) is 4.94. The van der Waals surface area contributed by atoms with Gasteiger partial charge in [0.05, 0.1) is 9.90 Å². The minimum Gasteiger partial charge on any atom is -0.398 e. The van der Waals surface area contributed by atoms with Crippen LogP contribution in [0.1, 0.15) is 21.5 Å². The largest absolute Gasteiger partial charge is 0.398 e. The van der Waals surface area contributed by atoms with Gasteiger partial charge in [-0.15, -0.1) is 11.3 Å². The monoisotopic (exact) mass is 363 g/mol. The van der Waals surface area contributed by atoms with Crippen LogP contribution in [-0.2, 0) is 0 Å². The predicted molar refractivity (Wildman–Crippen MR) is 81.1 cm³/mol. The Balaban J connectivity index is 2.56. The second kappa shape index (κ2) is 5.21. The molecule has 0 unspecified atom stereocenters. The third-order valence-corrected chi connectivity index (χ3v) is 4.50. The first-order chi connectivity index (χ1) is 8.40. The summed E-state index contributed by atoms with van der Waals surface area (Å²) in [6, 6.07) is 5.07. The van der Waals surface area contributed by atoms with Gasteiger partial charge < -0.3 is 5.73 Å². The van der Waals surface area contributed by atoms with Gasteiger partial charge in [0.2, 0.25) is 0 Å². The van der Waals surface area contributed by atoms with Gasteiger partial charge in [-0.1, -0.05) is 39.1 Å². The lowest BCUT2D eigenvalue weighted by molar-refractivity contribution is 0.103. The maximum absolute atomic E-state index is 12.4. The number of hydrogen-bond donors (Lipinski definition) is 1. The lowest BCUT2D eigenvalue weighted by Crippen LogP contribution is -2.05. The van der Waals surface area contributed by atoms with E-state index in [1.54, 1.807) is 25.1 Å². The molecule has 0 aliphatic rings. The van der Waals surface area contributed by atoms with Crippen LogP contribution in [0.15, 0.2) is 22.7 Å². The Morgan fingerprint density at radius 2 is 1.94 bits per heavy atom. The zero-order chi connectivity index (χ0) is 13.4. The molecule has 2 rings (SSSR count). The summed E-state index contributed by atoms with van der Waals surface area (Å²) < 4.78 is 1.64. The Hall–Kier alpha value is -0.550. The van der Waals surface area contributed by atoms with Gasteiger partial charge >= 0.3 is 0 Å². The normalized spacial score (nSPS) is 10.7. The van der Waals surface area contributed by atoms with Crippen LogP contribution in [0.25, 0.3) is 0 Å². The summed E-state index contributed by atoms with van der Waals surface area (Å²) >= 11 is 16.3. The summed E-state index contributed by atoms with van der Waals surface area (Å²) in [6.45, 7) is 1.80. The summed E-state index contributed by atoms with van der Waals surface area (Å²) in [5, 5.41) is 0. The fourth-order valence-electron chi connectivity index (χ4n) is 1.58. The fourth-order valence-corrected chi connectivity index (χ4v) is 3.51. The molecule has 0 saturated heterocycles. The van der Waals surface area contributed by atoms with Gasteiger partial charge in [0.15, 0.2) is 5.78 Å². The lowest BCUT2D eigenvalue weighted by atomic mass is 10.00. The highest BCUT2D eigenvalue weighted by Crippen LogP contribution is 2.34. The summed E-state index contributed by atoms with van der Waals surface area (Å²) in [6.07, 6.45) is 0. The number of benzene rings is 1. The van der Waals surface area contributed by atoms with Gasteiger partial charge in [-0.25, -0.2) is 0 Å². The Kier molecular flexibility index (Phi) is 4.02. The number of hydrogen-bond acceptors (Lipinski definition) is 3. The van der Waals surface area contributed by atoms with E-state index in [2.05, 4.69) is 15.9 Å². The van der Waals surface area contributed by atoms with Crippen molar-refractivity contribution in [2.45, 2.75) is 6.92 Å². The van der Waals surface area contributed by atoms with Gasteiger partial charge in [-0.2, -0.15) is 0 Å². The Labute approximate surface area is 127 Å². The van der Waals surface area contributed by atoms with Gasteiger partial charge in [0.25, 0.3) is 0 Å². The highest BCUT2D eigenvalue weighted by Gasteiger charge is 2.19. The van der Waals surface area contributed by atoms with Crippen LogP contribution in [0.3, 0.4) is 0 Å². The van der Waals surface area contributed by atoms with Crippen LogP contribution >= 0.6 is 50.5 Å². The lowest BCUT2D eigenvalue weighted by Gasteiger charge is -2.08. The van der Waals surface area contributed by atoms with Crippen molar-refractivity contribution in [1.29, 1.82) is 0 Å². The van der Waals surface area contributed by atoms with E-state index in [0.717, 1.165) is 10.0 Å². The maximum atomic E-state index is 12.4. The van der Waals surface area contributed by atoms with Gasteiger partial charge in [0, 0.05) is 15.7 Å².